The Labute approximate surface area is 115 Å². The van der Waals surface area contributed by atoms with Gasteiger partial charge in [0.05, 0.1) is 6.42 Å². The van der Waals surface area contributed by atoms with Crippen molar-refractivity contribution in [2.75, 3.05) is 7.05 Å². The molecule has 2 N–H and O–H groups in total. The third-order valence-corrected chi connectivity index (χ3v) is 3.82. The number of rotatable bonds is 4. The van der Waals surface area contributed by atoms with Crippen LogP contribution in [0.25, 0.3) is 0 Å². The molecule has 2 amide bonds. The number of carbonyl (C=O) groups excluding carboxylic acids is 1. The third-order valence-electron chi connectivity index (χ3n) is 3.82. The van der Waals surface area contributed by atoms with Gasteiger partial charge in [0.2, 0.25) is 0 Å². The molecule has 0 bridgehead atoms. The van der Waals surface area contributed by atoms with Gasteiger partial charge in [-0.3, -0.25) is 4.79 Å². The summed E-state index contributed by atoms with van der Waals surface area (Å²) in [4.78, 5) is 24.6. The fraction of sp³-hybridized carbons (Fsp3) is 0.857. The molecule has 5 heteroatoms. The van der Waals surface area contributed by atoms with Gasteiger partial charge in [-0.15, -0.1) is 0 Å². The van der Waals surface area contributed by atoms with Crippen LogP contribution in [0, 0.1) is 5.92 Å². The van der Waals surface area contributed by atoms with Gasteiger partial charge in [-0.2, -0.15) is 0 Å². The van der Waals surface area contributed by atoms with E-state index in [1.54, 1.807) is 25.8 Å². The van der Waals surface area contributed by atoms with Gasteiger partial charge in [-0.05, 0) is 32.6 Å². The van der Waals surface area contributed by atoms with Gasteiger partial charge in [0.15, 0.2) is 0 Å². The molecule has 1 aliphatic rings. The topological polar surface area (TPSA) is 69.6 Å². The van der Waals surface area contributed by atoms with Crippen molar-refractivity contribution >= 4 is 12.0 Å². The van der Waals surface area contributed by atoms with Gasteiger partial charge in [0.25, 0.3) is 0 Å². The number of carbonyl (C=O) groups is 2. The van der Waals surface area contributed by atoms with Gasteiger partial charge >= 0.3 is 12.0 Å². The van der Waals surface area contributed by atoms with Crippen molar-refractivity contribution < 1.29 is 14.7 Å². The van der Waals surface area contributed by atoms with Gasteiger partial charge in [-0.1, -0.05) is 19.8 Å². The summed E-state index contributed by atoms with van der Waals surface area (Å²) < 4.78 is 0. The first-order valence-electron chi connectivity index (χ1n) is 6.98. The minimum absolute atomic E-state index is 0.0757. The molecule has 1 saturated carbocycles. The van der Waals surface area contributed by atoms with E-state index >= 15 is 0 Å². The van der Waals surface area contributed by atoms with Crippen LogP contribution in [0.5, 0.6) is 0 Å². The molecule has 0 radical (unpaired) electrons. The summed E-state index contributed by atoms with van der Waals surface area (Å²) in [6, 6.07) is 0.0923. The molecule has 1 aliphatic carbocycles. The Morgan fingerprint density at radius 3 is 2.53 bits per heavy atom. The van der Waals surface area contributed by atoms with Crippen molar-refractivity contribution in [1.29, 1.82) is 0 Å². The zero-order chi connectivity index (χ0) is 14.6. The smallest absolute Gasteiger partial charge is 0.317 e. The number of hydrogen-bond acceptors (Lipinski definition) is 2. The van der Waals surface area contributed by atoms with E-state index in [0.717, 1.165) is 19.3 Å². The number of nitrogens with one attached hydrogen (secondary N) is 1. The minimum atomic E-state index is -0.903. The first kappa shape index (κ1) is 15.8. The highest BCUT2D eigenvalue weighted by molar-refractivity contribution is 5.76. The van der Waals surface area contributed by atoms with Crippen molar-refractivity contribution in [3.63, 3.8) is 0 Å². The van der Waals surface area contributed by atoms with Crippen molar-refractivity contribution in [1.82, 2.24) is 10.2 Å². The van der Waals surface area contributed by atoms with Crippen LogP contribution in [0.3, 0.4) is 0 Å². The van der Waals surface area contributed by atoms with E-state index < -0.39 is 11.5 Å². The van der Waals surface area contributed by atoms with Gasteiger partial charge in [-0.25, -0.2) is 4.79 Å². The number of nitrogens with zero attached hydrogens (tertiary/aromatic N) is 1. The van der Waals surface area contributed by atoms with E-state index in [9.17, 15) is 9.59 Å². The maximum Gasteiger partial charge on any atom is 0.317 e. The van der Waals surface area contributed by atoms with E-state index in [4.69, 9.17) is 5.11 Å². The molecule has 0 aromatic carbocycles. The molecule has 0 aromatic rings. The number of aliphatic carboxylic acids is 1. The maximum absolute atomic E-state index is 12.2. The Morgan fingerprint density at radius 2 is 2.00 bits per heavy atom. The largest absolute Gasteiger partial charge is 0.481 e. The van der Waals surface area contributed by atoms with Crippen molar-refractivity contribution in [2.24, 2.45) is 5.92 Å². The summed E-state index contributed by atoms with van der Waals surface area (Å²) in [7, 11) is 1.80. The molecule has 1 rings (SSSR count). The minimum Gasteiger partial charge on any atom is -0.481 e. The molecule has 110 valence electrons. The number of urea groups is 1. The van der Waals surface area contributed by atoms with E-state index in [0.29, 0.717) is 5.92 Å². The lowest BCUT2D eigenvalue weighted by Crippen LogP contribution is -2.53. The normalized spacial score (nSPS) is 23.8. The first-order chi connectivity index (χ1) is 8.71. The summed E-state index contributed by atoms with van der Waals surface area (Å²) in [5.74, 6) is -0.250. The summed E-state index contributed by atoms with van der Waals surface area (Å²) in [6.07, 6.45) is 4.38. The Kier molecular flexibility index (Phi) is 5.20. The van der Waals surface area contributed by atoms with Crippen molar-refractivity contribution in [2.45, 2.75) is 64.5 Å². The van der Waals surface area contributed by atoms with Crippen LogP contribution in [-0.2, 0) is 4.79 Å². The van der Waals surface area contributed by atoms with Crippen LogP contribution in [0.2, 0.25) is 0 Å². The van der Waals surface area contributed by atoms with Gasteiger partial charge in [0, 0.05) is 18.6 Å². The fourth-order valence-electron chi connectivity index (χ4n) is 2.72. The highest BCUT2D eigenvalue weighted by Gasteiger charge is 2.29. The average Bonchev–Trinajstić information content (AvgIpc) is 2.25. The van der Waals surface area contributed by atoms with E-state index in [2.05, 4.69) is 12.2 Å². The molecule has 19 heavy (non-hydrogen) atoms. The second-order valence-corrected chi connectivity index (χ2v) is 6.42. The van der Waals surface area contributed by atoms with E-state index in [1.165, 1.54) is 6.42 Å². The van der Waals surface area contributed by atoms with Crippen molar-refractivity contribution in [3.05, 3.63) is 0 Å². The zero-order valence-electron chi connectivity index (χ0n) is 12.4. The quantitative estimate of drug-likeness (QED) is 0.824. The van der Waals surface area contributed by atoms with Gasteiger partial charge in [0.1, 0.15) is 0 Å². The predicted octanol–water partition coefficient (Wildman–Crippen LogP) is 2.46. The highest BCUT2D eigenvalue weighted by Crippen LogP contribution is 2.26. The van der Waals surface area contributed by atoms with Crippen LogP contribution in [0.15, 0.2) is 0 Å². The zero-order valence-corrected chi connectivity index (χ0v) is 12.4. The number of carboxylic acids is 1. The molecule has 0 aromatic heterocycles. The SMILES string of the molecule is CC1CCCC(N(C)C(=O)NC(C)(C)CC(=O)O)C1. The molecule has 2 unspecified atom stereocenters. The number of amides is 2. The van der Waals surface area contributed by atoms with Crippen LogP contribution in [0.4, 0.5) is 4.79 Å². The summed E-state index contributed by atoms with van der Waals surface area (Å²) >= 11 is 0. The van der Waals surface area contributed by atoms with Crippen molar-refractivity contribution in [3.8, 4) is 0 Å². The molecule has 2 atom stereocenters. The lowest BCUT2D eigenvalue weighted by atomic mass is 9.86. The molecule has 5 nitrogen and oxygen atoms in total. The number of hydrogen-bond donors (Lipinski definition) is 2. The van der Waals surface area contributed by atoms with E-state index in [1.807, 2.05) is 0 Å². The maximum atomic E-state index is 12.2. The molecule has 0 spiro atoms. The summed E-state index contributed by atoms with van der Waals surface area (Å²) in [6.45, 7) is 5.68. The Balaban J connectivity index is 2.54. The Hall–Kier alpha value is -1.26. The first-order valence-corrected chi connectivity index (χ1v) is 6.98. The third kappa shape index (κ3) is 5.09. The van der Waals surface area contributed by atoms with Crippen LogP contribution in [0.1, 0.15) is 52.9 Å². The predicted molar refractivity (Wildman–Crippen MR) is 74.0 cm³/mol. The van der Waals surface area contributed by atoms with Crippen LogP contribution in [-0.4, -0.2) is 40.6 Å². The second kappa shape index (κ2) is 6.26. The molecule has 1 fully saturated rings. The lowest BCUT2D eigenvalue weighted by Gasteiger charge is -2.36. The standard InChI is InChI=1S/C14H26N2O3/c1-10-6-5-7-11(8-10)16(4)13(19)15-14(2,3)9-12(17)18/h10-11H,5-9H2,1-4H3,(H,15,19)(H,17,18). The Bertz CT molecular complexity index is 342. The van der Waals surface area contributed by atoms with Gasteiger partial charge < -0.3 is 15.3 Å². The van der Waals surface area contributed by atoms with E-state index in [-0.39, 0.29) is 18.5 Å². The molecular formula is C14H26N2O3. The molecule has 0 heterocycles. The fourth-order valence-corrected chi connectivity index (χ4v) is 2.72. The molecular weight excluding hydrogens is 244 g/mol. The average molecular weight is 270 g/mol. The van der Waals surface area contributed by atoms with Crippen LogP contribution >= 0.6 is 0 Å². The van der Waals surface area contributed by atoms with Crippen LogP contribution < -0.4 is 5.32 Å². The lowest BCUT2D eigenvalue weighted by molar-refractivity contribution is -0.138. The monoisotopic (exact) mass is 270 g/mol. The molecule has 0 aliphatic heterocycles. The Morgan fingerprint density at radius 1 is 1.37 bits per heavy atom. The number of carboxylic acid groups (broad SMARTS) is 1. The summed E-state index contributed by atoms with van der Waals surface area (Å²) in [5, 5.41) is 11.6. The summed E-state index contributed by atoms with van der Waals surface area (Å²) in [5.41, 5.74) is -0.725. The molecule has 0 saturated heterocycles. The second-order valence-electron chi connectivity index (χ2n) is 6.42. The highest BCUT2D eigenvalue weighted by atomic mass is 16.4.